The zero-order valence-corrected chi connectivity index (χ0v) is 15.7. The van der Waals surface area contributed by atoms with E-state index < -0.39 is 0 Å². The van der Waals surface area contributed by atoms with Gasteiger partial charge in [0.05, 0.1) is 0 Å². The van der Waals surface area contributed by atoms with E-state index >= 15 is 0 Å². The smallest absolute Gasteiger partial charge is 0.253 e. The summed E-state index contributed by atoms with van der Waals surface area (Å²) in [5.41, 5.74) is 2.30. The van der Waals surface area contributed by atoms with E-state index in [0.717, 1.165) is 31.5 Å². The first-order chi connectivity index (χ1) is 13.1. The second-order valence-electron chi connectivity index (χ2n) is 6.26. The predicted octanol–water partition coefficient (Wildman–Crippen LogP) is 3.45. The molecule has 0 atom stereocenters. The number of nitrogens with zero attached hydrogens (tertiary/aromatic N) is 1. The van der Waals surface area contributed by atoms with E-state index in [1.54, 1.807) is 30.3 Å². The van der Waals surface area contributed by atoms with Crippen LogP contribution in [0.3, 0.4) is 0 Å². The minimum absolute atomic E-state index is 0.0565. The van der Waals surface area contributed by atoms with Crippen LogP contribution in [0, 0.1) is 0 Å². The van der Waals surface area contributed by atoms with Crippen LogP contribution in [0.1, 0.15) is 28.8 Å². The molecular formula is C21H21N3O2S. The molecule has 1 aliphatic rings. The summed E-state index contributed by atoms with van der Waals surface area (Å²) < 4.78 is 0. The number of carbonyl (C=O) groups is 2. The van der Waals surface area contributed by atoms with Crippen molar-refractivity contribution in [1.29, 1.82) is 0 Å². The van der Waals surface area contributed by atoms with Crippen LogP contribution >= 0.6 is 12.2 Å². The first kappa shape index (κ1) is 18.8. The van der Waals surface area contributed by atoms with Gasteiger partial charge >= 0.3 is 0 Å². The van der Waals surface area contributed by atoms with Crippen LogP contribution in [-0.2, 0) is 4.79 Å². The largest absolute Gasteiger partial charge is 0.339 e. The van der Waals surface area contributed by atoms with Crippen LogP contribution in [0.2, 0.25) is 0 Å². The van der Waals surface area contributed by atoms with Crippen molar-refractivity contribution in [2.45, 2.75) is 12.8 Å². The van der Waals surface area contributed by atoms with E-state index in [1.165, 1.54) is 6.08 Å². The molecule has 2 aromatic rings. The van der Waals surface area contributed by atoms with Gasteiger partial charge in [-0.1, -0.05) is 30.3 Å². The first-order valence-electron chi connectivity index (χ1n) is 8.86. The molecule has 0 aromatic heterocycles. The average molecular weight is 379 g/mol. The fraction of sp³-hybridized carbons (Fsp3) is 0.190. The lowest BCUT2D eigenvalue weighted by molar-refractivity contribution is -0.115. The number of likely N-dealkylation sites (tertiary alicyclic amines) is 1. The molecule has 5 nitrogen and oxygen atoms in total. The van der Waals surface area contributed by atoms with Crippen LogP contribution in [-0.4, -0.2) is 34.9 Å². The summed E-state index contributed by atoms with van der Waals surface area (Å²) in [5.74, 6) is -0.252. The van der Waals surface area contributed by atoms with Crippen molar-refractivity contribution in [3.63, 3.8) is 0 Å². The van der Waals surface area contributed by atoms with Crippen LogP contribution in [0.5, 0.6) is 0 Å². The second-order valence-corrected chi connectivity index (χ2v) is 6.67. The van der Waals surface area contributed by atoms with Gasteiger partial charge in [0.2, 0.25) is 5.91 Å². The number of anilines is 1. The Balaban J connectivity index is 1.51. The molecule has 1 saturated heterocycles. The Labute approximate surface area is 164 Å². The standard InChI is InChI=1S/C21H21N3O2S/c25-19(13-8-16-6-2-1-3-7-16)23-21(27)22-18-11-9-17(10-12-18)20(26)24-14-4-5-15-24/h1-3,6-13H,4-5,14-15H2,(H2,22,23,25,27)/b13-8+. The van der Waals surface area contributed by atoms with Gasteiger partial charge < -0.3 is 10.2 Å². The average Bonchev–Trinajstić information content (AvgIpc) is 3.22. The fourth-order valence-corrected chi connectivity index (χ4v) is 3.07. The van der Waals surface area contributed by atoms with Gasteiger partial charge in [-0.3, -0.25) is 14.9 Å². The molecular weight excluding hydrogens is 358 g/mol. The van der Waals surface area contributed by atoms with Crippen LogP contribution < -0.4 is 10.6 Å². The summed E-state index contributed by atoms with van der Waals surface area (Å²) in [7, 11) is 0. The van der Waals surface area contributed by atoms with Crippen LogP contribution in [0.15, 0.2) is 60.7 Å². The van der Waals surface area contributed by atoms with E-state index in [1.807, 2.05) is 35.2 Å². The summed E-state index contributed by atoms with van der Waals surface area (Å²) in [6.45, 7) is 1.65. The zero-order valence-electron chi connectivity index (χ0n) is 14.9. The van der Waals surface area contributed by atoms with Gasteiger partial charge in [-0.15, -0.1) is 0 Å². The van der Waals surface area contributed by atoms with Crippen LogP contribution in [0.25, 0.3) is 6.08 Å². The van der Waals surface area contributed by atoms with E-state index in [9.17, 15) is 9.59 Å². The maximum Gasteiger partial charge on any atom is 0.253 e. The number of hydrogen-bond acceptors (Lipinski definition) is 3. The third-order valence-electron chi connectivity index (χ3n) is 4.25. The summed E-state index contributed by atoms with van der Waals surface area (Å²) in [6, 6.07) is 16.6. The van der Waals surface area contributed by atoms with Gasteiger partial charge in [0.15, 0.2) is 5.11 Å². The van der Waals surface area contributed by atoms with E-state index in [4.69, 9.17) is 12.2 Å². The molecule has 2 aromatic carbocycles. The minimum atomic E-state index is -0.308. The van der Waals surface area contributed by atoms with Crippen molar-refractivity contribution < 1.29 is 9.59 Å². The molecule has 6 heteroatoms. The molecule has 1 aliphatic heterocycles. The molecule has 1 fully saturated rings. The number of rotatable bonds is 4. The minimum Gasteiger partial charge on any atom is -0.339 e. The lowest BCUT2D eigenvalue weighted by atomic mass is 10.2. The Morgan fingerprint density at radius 1 is 0.963 bits per heavy atom. The molecule has 138 valence electrons. The molecule has 0 saturated carbocycles. The lowest BCUT2D eigenvalue weighted by Gasteiger charge is -2.15. The number of hydrogen-bond donors (Lipinski definition) is 2. The molecule has 0 aliphatic carbocycles. The molecule has 0 radical (unpaired) electrons. The van der Waals surface area contributed by atoms with Crippen molar-refractivity contribution in [2.75, 3.05) is 18.4 Å². The molecule has 2 amide bonds. The van der Waals surface area contributed by atoms with E-state index in [0.29, 0.717) is 11.3 Å². The molecule has 2 N–H and O–H groups in total. The Hall–Kier alpha value is -2.99. The topological polar surface area (TPSA) is 61.4 Å². The highest BCUT2D eigenvalue weighted by molar-refractivity contribution is 7.80. The summed E-state index contributed by atoms with van der Waals surface area (Å²) in [4.78, 5) is 26.1. The first-order valence-corrected chi connectivity index (χ1v) is 9.27. The molecule has 27 heavy (non-hydrogen) atoms. The van der Waals surface area contributed by atoms with E-state index in [-0.39, 0.29) is 16.9 Å². The third-order valence-corrected chi connectivity index (χ3v) is 4.45. The van der Waals surface area contributed by atoms with Crippen molar-refractivity contribution in [1.82, 2.24) is 10.2 Å². The predicted molar refractivity (Wildman–Crippen MR) is 111 cm³/mol. The normalized spacial score (nSPS) is 13.6. The van der Waals surface area contributed by atoms with Crippen molar-refractivity contribution in [3.05, 3.63) is 71.8 Å². The van der Waals surface area contributed by atoms with Crippen molar-refractivity contribution >= 4 is 40.9 Å². The highest BCUT2D eigenvalue weighted by Gasteiger charge is 2.19. The lowest BCUT2D eigenvalue weighted by Crippen LogP contribution is -2.32. The summed E-state index contributed by atoms with van der Waals surface area (Å²) in [6.07, 6.45) is 5.29. The Kier molecular flexibility index (Phi) is 6.33. The van der Waals surface area contributed by atoms with Gasteiger partial charge in [-0.25, -0.2) is 0 Å². The van der Waals surface area contributed by atoms with Gasteiger partial charge in [-0.2, -0.15) is 0 Å². The number of benzene rings is 2. The highest BCUT2D eigenvalue weighted by atomic mass is 32.1. The Bertz CT molecular complexity index is 841. The number of nitrogens with one attached hydrogen (secondary N) is 2. The number of amides is 2. The van der Waals surface area contributed by atoms with Gasteiger partial charge in [0.25, 0.3) is 5.91 Å². The quantitative estimate of drug-likeness (QED) is 0.631. The van der Waals surface area contributed by atoms with E-state index in [2.05, 4.69) is 10.6 Å². The molecule has 0 bridgehead atoms. The van der Waals surface area contributed by atoms with Gasteiger partial charge in [-0.05, 0) is 61.0 Å². The third kappa shape index (κ3) is 5.49. The highest BCUT2D eigenvalue weighted by Crippen LogP contribution is 2.15. The SMILES string of the molecule is O=C(/C=C/c1ccccc1)NC(=S)Nc1ccc(C(=O)N2CCCC2)cc1. The van der Waals surface area contributed by atoms with Gasteiger partial charge in [0.1, 0.15) is 0 Å². The number of thiocarbonyl (C=S) groups is 1. The molecule has 1 heterocycles. The van der Waals surface area contributed by atoms with Crippen molar-refractivity contribution in [3.8, 4) is 0 Å². The second kappa shape index (κ2) is 9.09. The molecule has 3 rings (SSSR count). The zero-order chi connectivity index (χ0) is 19.1. The van der Waals surface area contributed by atoms with Gasteiger partial charge in [0, 0.05) is 30.4 Å². The van der Waals surface area contributed by atoms with Crippen LogP contribution in [0.4, 0.5) is 5.69 Å². The molecule has 0 spiro atoms. The number of carbonyl (C=O) groups excluding carboxylic acids is 2. The Morgan fingerprint density at radius 3 is 2.30 bits per heavy atom. The maximum absolute atomic E-state index is 12.3. The maximum atomic E-state index is 12.3. The molecule has 0 unspecified atom stereocenters. The summed E-state index contributed by atoms with van der Waals surface area (Å²) >= 11 is 5.16. The van der Waals surface area contributed by atoms with Crippen molar-refractivity contribution in [2.24, 2.45) is 0 Å². The Morgan fingerprint density at radius 2 is 1.63 bits per heavy atom. The fourth-order valence-electron chi connectivity index (χ4n) is 2.85. The summed E-state index contributed by atoms with van der Waals surface area (Å²) in [5, 5.41) is 5.75. The monoisotopic (exact) mass is 379 g/mol.